The lowest BCUT2D eigenvalue weighted by atomic mass is 10.1. The van der Waals surface area contributed by atoms with Gasteiger partial charge >= 0.3 is 0 Å². The summed E-state index contributed by atoms with van der Waals surface area (Å²) in [5.41, 5.74) is 1.40. The highest BCUT2D eigenvalue weighted by Gasteiger charge is 2.22. The van der Waals surface area contributed by atoms with Gasteiger partial charge in [0.1, 0.15) is 10.6 Å². The lowest BCUT2D eigenvalue weighted by molar-refractivity contribution is -0.114. The molecule has 0 aliphatic rings. The van der Waals surface area contributed by atoms with Crippen molar-refractivity contribution in [3.8, 4) is 5.75 Å². The van der Waals surface area contributed by atoms with Crippen molar-refractivity contribution in [1.82, 2.24) is 0 Å². The van der Waals surface area contributed by atoms with E-state index in [0.717, 1.165) is 6.07 Å². The number of carbonyl (C=O) groups is 2. The molecule has 0 saturated carbocycles. The van der Waals surface area contributed by atoms with E-state index in [-0.39, 0.29) is 17.2 Å². The number of benzene rings is 4. The van der Waals surface area contributed by atoms with Crippen molar-refractivity contribution in [2.75, 3.05) is 16.8 Å². The number of fused-ring (bicyclic) bond motifs is 1. The molecular formula is C27H24N4O6S. The number of hydrogen-bond donors (Lipinski definition) is 3. The van der Waals surface area contributed by atoms with Gasteiger partial charge in [-0.05, 0) is 66.9 Å². The van der Waals surface area contributed by atoms with E-state index in [1.54, 1.807) is 53.4 Å². The summed E-state index contributed by atoms with van der Waals surface area (Å²) in [5.74, 6) is -1.03. The number of aromatic hydroxyl groups is 1. The molecule has 0 saturated heterocycles. The molecule has 0 unspecified atom stereocenters. The third-order valence-electron chi connectivity index (χ3n) is 5.66. The fourth-order valence-electron chi connectivity index (χ4n) is 3.90. The van der Waals surface area contributed by atoms with Crippen molar-refractivity contribution < 1.29 is 27.7 Å². The quantitative estimate of drug-likeness (QED) is 0.201. The van der Waals surface area contributed by atoms with Crippen molar-refractivity contribution in [2.45, 2.75) is 18.7 Å². The Morgan fingerprint density at radius 3 is 2.24 bits per heavy atom. The van der Waals surface area contributed by atoms with Crippen LogP contribution in [0.15, 0.2) is 94.0 Å². The Morgan fingerprint density at radius 1 is 0.947 bits per heavy atom. The summed E-state index contributed by atoms with van der Waals surface area (Å²) in [4.78, 5) is 25.3. The number of phenols is 1. The summed E-state index contributed by atoms with van der Waals surface area (Å²) >= 11 is 0. The maximum Gasteiger partial charge on any atom is 0.296 e. The predicted octanol–water partition coefficient (Wildman–Crippen LogP) is 5.83. The van der Waals surface area contributed by atoms with E-state index in [1.807, 2.05) is 13.0 Å². The first-order valence-electron chi connectivity index (χ1n) is 11.5. The third-order valence-corrected chi connectivity index (χ3v) is 6.53. The van der Waals surface area contributed by atoms with Gasteiger partial charge < -0.3 is 15.3 Å². The average molecular weight is 533 g/mol. The number of carbonyl (C=O) groups excluding carboxylic acids is 2. The molecular weight excluding hydrogens is 508 g/mol. The van der Waals surface area contributed by atoms with Crippen molar-refractivity contribution >= 4 is 55.5 Å². The summed E-state index contributed by atoms with van der Waals surface area (Å²) in [5, 5.41) is 21.9. The van der Waals surface area contributed by atoms with Gasteiger partial charge in [-0.3, -0.25) is 14.1 Å². The number of amides is 2. The molecule has 194 valence electrons. The molecule has 4 aromatic carbocycles. The Balaban J connectivity index is 1.69. The SMILES string of the molecule is CCN(C(=O)c1ccccc1)c1ccc(N=Nc2c(S(=O)(=O)O)cc3ccc(NC(C)=O)cc3c2O)cc1. The Morgan fingerprint density at radius 2 is 1.63 bits per heavy atom. The molecule has 38 heavy (non-hydrogen) atoms. The molecule has 4 rings (SSSR count). The van der Waals surface area contributed by atoms with Gasteiger partial charge in [0.05, 0.1) is 5.69 Å². The normalized spacial score (nSPS) is 11.6. The number of nitrogens with zero attached hydrogens (tertiary/aromatic N) is 3. The lowest BCUT2D eigenvalue weighted by Gasteiger charge is -2.21. The summed E-state index contributed by atoms with van der Waals surface area (Å²) in [6.45, 7) is 3.61. The highest BCUT2D eigenvalue weighted by Crippen LogP contribution is 2.42. The molecule has 0 bridgehead atoms. The van der Waals surface area contributed by atoms with Crippen LogP contribution in [0.2, 0.25) is 0 Å². The molecule has 0 atom stereocenters. The van der Waals surface area contributed by atoms with Crippen LogP contribution in [0.1, 0.15) is 24.2 Å². The molecule has 0 fully saturated rings. The van der Waals surface area contributed by atoms with E-state index in [1.165, 1.54) is 25.1 Å². The fourth-order valence-corrected chi connectivity index (χ4v) is 4.56. The highest BCUT2D eigenvalue weighted by molar-refractivity contribution is 7.86. The largest absolute Gasteiger partial charge is 0.505 e. The molecule has 0 radical (unpaired) electrons. The second-order valence-corrected chi connectivity index (χ2v) is 9.69. The third kappa shape index (κ3) is 5.69. The van der Waals surface area contributed by atoms with Gasteiger partial charge in [0.15, 0.2) is 5.75 Å². The van der Waals surface area contributed by atoms with E-state index in [4.69, 9.17) is 0 Å². The van der Waals surface area contributed by atoms with Crippen LogP contribution in [0.4, 0.5) is 22.7 Å². The van der Waals surface area contributed by atoms with Crippen molar-refractivity contribution in [2.24, 2.45) is 10.2 Å². The van der Waals surface area contributed by atoms with Gasteiger partial charge in [0.25, 0.3) is 16.0 Å². The molecule has 10 nitrogen and oxygen atoms in total. The summed E-state index contributed by atoms with van der Waals surface area (Å²) < 4.78 is 33.9. The van der Waals surface area contributed by atoms with Crippen LogP contribution in [0.5, 0.6) is 5.75 Å². The average Bonchev–Trinajstić information content (AvgIpc) is 2.89. The zero-order valence-corrected chi connectivity index (χ0v) is 21.3. The molecule has 0 spiro atoms. The van der Waals surface area contributed by atoms with Gasteiger partial charge in [-0.15, -0.1) is 5.11 Å². The molecule has 0 heterocycles. The maximum absolute atomic E-state index is 12.9. The first kappa shape index (κ1) is 26.5. The van der Waals surface area contributed by atoms with Crippen molar-refractivity contribution in [3.63, 3.8) is 0 Å². The number of phenolic OH excluding ortho intramolecular Hbond substituents is 1. The number of azo groups is 1. The van der Waals surface area contributed by atoms with Crippen LogP contribution in [-0.2, 0) is 14.9 Å². The smallest absolute Gasteiger partial charge is 0.296 e. The van der Waals surface area contributed by atoms with Gasteiger partial charge in [-0.25, -0.2) is 0 Å². The monoisotopic (exact) mass is 532 g/mol. The van der Waals surface area contributed by atoms with E-state index < -0.39 is 26.5 Å². The number of rotatable bonds is 7. The van der Waals surface area contributed by atoms with E-state index >= 15 is 0 Å². The first-order valence-corrected chi connectivity index (χ1v) is 13.0. The molecule has 3 N–H and O–H groups in total. The standard InChI is InChI=1S/C27H24N4O6S/c1-3-31(27(34)18-7-5-4-6-8-18)22-13-11-20(12-14-22)29-30-25-24(38(35,36)37)15-19-9-10-21(28-17(2)32)16-23(19)26(25)33/h4-16,33H,3H2,1-2H3,(H,28,32)(H,35,36,37). The molecule has 2 amide bonds. The molecule has 0 aliphatic heterocycles. The Bertz CT molecular complexity index is 1650. The van der Waals surface area contributed by atoms with Crippen LogP contribution in [-0.4, -0.2) is 36.4 Å². The van der Waals surface area contributed by atoms with Gasteiger partial charge in [-0.1, -0.05) is 24.3 Å². The zero-order chi connectivity index (χ0) is 27.4. The summed E-state index contributed by atoms with van der Waals surface area (Å²) in [6, 6.07) is 21.0. The molecule has 11 heteroatoms. The van der Waals surface area contributed by atoms with Crippen LogP contribution >= 0.6 is 0 Å². The highest BCUT2D eigenvalue weighted by atomic mass is 32.2. The minimum absolute atomic E-state index is 0.167. The second-order valence-electron chi connectivity index (χ2n) is 8.30. The van der Waals surface area contributed by atoms with Crippen molar-refractivity contribution in [1.29, 1.82) is 0 Å². The van der Waals surface area contributed by atoms with Crippen molar-refractivity contribution in [3.05, 3.63) is 84.4 Å². The summed E-state index contributed by atoms with van der Waals surface area (Å²) in [6.07, 6.45) is 0. The molecule has 0 aromatic heterocycles. The van der Waals surface area contributed by atoms with Crippen LogP contribution in [0.3, 0.4) is 0 Å². The van der Waals surface area contributed by atoms with Crippen LogP contribution < -0.4 is 10.2 Å². The Labute approximate surface area is 219 Å². The van der Waals surface area contributed by atoms with Crippen LogP contribution in [0, 0.1) is 0 Å². The fraction of sp³-hybridized carbons (Fsp3) is 0.111. The maximum atomic E-state index is 12.9. The second kappa shape index (κ2) is 10.8. The van der Waals surface area contributed by atoms with Gasteiger partial charge in [-0.2, -0.15) is 13.5 Å². The molecule has 0 aliphatic carbocycles. The van der Waals surface area contributed by atoms with E-state index in [0.29, 0.717) is 34.6 Å². The minimum atomic E-state index is -4.77. The topological polar surface area (TPSA) is 149 Å². The lowest BCUT2D eigenvalue weighted by Crippen LogP contribution is -2.30. The predicted molar refractivity (Wildman–Crippen MR) is 144 cm³/mol. The molecule has 4 aromatic rings. The zero-order valence-electron chi connectivity index (χ0n) is 20.5. The number of hydrogen-bond acceptors (Lipinski definition) is 7. The Kier molecular flexibility index (Phi) is 7.51. The number of anilines is 2. The van der Waals surface area contributed by atoms with Crippen LogP contribution in [0.25, 0.3) is 10.8 Å². The minimum Gasteiger partial charge on any atom is -0.505 e. The Hall–Kier alpha value is -4.61. The van der Waals surface area contributed by atoms with Gasteiger partial charge in [0, 0.05) is 35.8 Å². The number of nitrogens with one attached hydrogen (secondary N) is 1. The van der Waals surface area contributed by atoms with E-state index in [2.05, 4.69) is 15.5 Å². The summed E-state index contributed by atoms with van der Waals surface area (Å²) in [7, 11) is -4.77. The van der Waals surface area contributed by atoms with E-state index in [9.17, 15) is 27.7 Å². The van der Waals surface area contributed by atoms with Gasteiger partial charge in [0.2, 0.25) is 5.91 Å². The first-order chi connectivity index (χ1) is 18.1.